The zero-order valence-corrected chi connectivity index (χ0v) is 11.0. The molecule has 0 atom stereocenters. The predicted octanol–water partition coefficient (Wildman–Crippen LogP) is 2.02. The Kier molecular flexibility index (Phi) is 3.29. The minimum atomic E-state index is -1.14. The van der Waals surface area contributed by atoms with Crippen LogP contribution in [0.4, 0.5) is 0 Å². The van der Waals surface area contributed by atoms with E-state index >= 15 is 0 Å². The fourth-order valence-corrected chi connectivity index (χ4v) is 2.04. The second kappa shape index (κ2) is 4.76. The molecular formula is C14H15NO4. The third-order valence-corrected chi connectivity index (χ3v) is 2.81. The molecule has 1 aromatic heterocycles. The van der Waals surface area contributed by atoms with Crippen LogP contribution < -0.4 is 10.2 Å². The normalized spacial score (nSPS) is 10.9. The fourth-order valence-electron chi connectivity index (χ4n) is 2.04. The smallest absolute Gasteiger partial charge is 0.352 e. The molecule has 0 aliphatic heterocycles. The van der Waals surface area contributed by atoms with Crippen molar-refractivity contribution in [2.75, 3.05) is 0 Å². The number of pyridine rings is 1. The maximum absolute atomic E-state index is 12.0. The molecule has 19 heavy (non-hydrogen) atoms. The third kappa shape index (κ3) is 2.31. The summed E-state index contributed by atoms with van der Waals surface area (Å²) in [5, 5.41) is 9.57. The van der Waals surface area contributed by atoms with Gasteiger partial charge in [-0.1, -0.05) is 6.07 Å². The molecule has 1 N–H and O–H groups in total. The molecule has 2 rings (SSSR count). The van der Waals surface area contributed by atoms with Gasteiger partial charge in [-0.2, -0.15) is 0 Å². The Morgan fingerprint density at radius 1 is 1.37 bits per heavy atom. The van der Waals surface area contributed by atoms with E-state index in [9.17, 15) is 9.59 Å². The van der Waals surface area contributed by atoms with Crippen LogP contribution >= 0.6 is 0 Å². The number of para-hydroxylation sites is 1. The topological polar surface area (TPSA) is 68.5 Å². The SMILES string of the molecule is CC(C)Oc1cccc2c(=O)cc(C(=O)O)n(C)c12. The van der Waals surface area contributed by atoms with Gasteiger partial charge in [0.15, 0.2) is 5.43 Å². The average molecular weight is 261 g/mol. The summed E-state index contributed by atoms with van der Waals surface area (Å²) in [7, 11) is 1.61. The van der Waals surface area contributed by atoms with E-state index in [1.165, 1.54) is 4.57 Å². The molecule has 0 saturated heterocycles. The van der Waals surface area contributed by atoms with Crippen molar-refractivity contribution in [1.82, 2.24) is 4.57 Å². The average Bonchev–Trinajstić information content (AvgIpc) is 2.32. The largest absolute Gasteiger partial charge is 0.489 e. The van der Waals surface area contributed by atoms with Crippen molar-refractivity contribution < 1.29 is 14.6 Å². The van der Waals surface area contributed by atoms with Gasteiger partial charge in [0.05, 0.1) is 11.6 Å². The molecule has 1 heterocycles. The van der Waals surface area contributed by atoms with Gasteiger partial charge >= 0.3 is 5.97 Å². The van der Waals surface area contributed by atoms with Crippen LogP contribution in [-0.4, -0.2) is 21.7 Å². The summed E-state index contributed by atoms with van der Waals surface area (Å²) in [4.78, 5) is 23.1. The molecule has 0 aliphatic carbocycles. The van der Waals surface area contributed by atoms with Gasteiger partial charge in [0.25, 0.3) is 0 Å². The lowest BCUT2D eigenvalue weighted by Crippen LogP contribution is -2.17. The summed E-state index contributed by atoms with van der Waals surface area (Å²) in [6.45, 7) is 3.75. The van der Waals surface area contributed by atoms with Crippen molar-refractivity contribution in [3.05, 3.63) is 40.2 Å². The first kappa shape index (κ1) is 13.1. The van der Waals surface area contributed by atoms with Crippen molar-refractivity contribution in [2.24, 2.45) is 7.05 Å². The van der Waals surface area contributed by atoms with Crippen LogP contribution in [0.2, 0.25) is 0 Å². The Morgan fingerprint density at radius 2 is 2.05 bits per heavy atom. The maximum atomic E-state index is 12.0. The predicted molar refractivity (Wildman–Crippen MR) is 71.9 cm³/mol. The maximum Gasteiger partial charge on any atom is 0.352 e. The monoisotopic (exact) mass is 261 g/mol. The van der Waals surface area contributed by atoms with Crippen molar-refractivity contribution >= 4 is 16.9 Å². The van der Waals surface area contributed by atoms with E-state index in [1.54, 1.807) is 25.2 Å². The molecular weight excluding hydrogens is 246 g/mol. The van der Waals surface area contributed by atoms with Crippen LogP contribution in [0.5, 0.6) is 5.75 Å². The number of hydrogen-bond acceptors (Lipinski definition) is 3. The van der Waals surface area contributed by atoms with E-state index in [0.29, 0.717) is 16.7 Å². The van der Waals surface area contributed by atoms with Gasteiger partial charge in [0, 0.05) is 18.5 Å². The number of rotatable bonds is 3. The molecule has 2 aromatic rings. The molecule has 100 valence electrons. The van der Waals surface area contributed by atoms with E-state index in [0.717, 1.165) is 6.07 Å². The fraction of sp³-hybridized carbons (Fsp3) is 0.286. The van der Waals surface area contributed by atoms with E-state index in [2.05, 4.69) is 0 Å². The molecule has 0 aliphatic rings. The van der Waals surface area contributed by atoms with E-state index in [4.69, 9.17) is 9.84 Å². The Hall–Kier alpha value is -2.30. The van der Waals surface area contributed by atoms with Crippen LogP contribution in [0.3, 0.4) is 0 Å². The Balaban J connectivity index is 2.86. The number of ether oxygens (including phenoxy) is 1. The van der Waals surface area contributed by atoms with Crippen LogP contribution in [0.1, 0.15) is 24.3 Å². The molecule has 0 fully saturated rings. The van der Waals surface area contributed by atoms with Gasteiger partial charge < -0.3 is 14.4 Å². The van der Waals surface area contributed by atoms with E-state index in [1.807, 2.05) is 13.8 Å². The van der Waals surface area contributed by atoms with Crippen molar-refractivity contribution in [3.8, 4) is 5.75 Å². The number of aromatic nitrogens is 1. The first-order valence-corrected chi connectivity index (χ1v) is 5.94. The second-order valence-corrected chi connectivity index (χ2v) is 4.58. The van der Waals surface area contributed by atoms with E-state index < -0.39 is 5.97 Å². The molecule has 1 aromatic carbocycles. The second-order valence-electron chi connectivity index (χ2n) is 4.58. The number of fused-ring (bicyclic) bond motifs is 1. The van der Waals surface area contributed by atoms with Gasteiger partial charge in [0.1, 0.15) is 11.4 Å². The molecule has 0 saturated carbocycles. The van der Waals surface area contributed by atoms with Crippen molar-refractivity contribution in [1.29, 1.82) is 0 Å². The number of aromatic carboxylic acids is 1. The molecule has 5 nitrogen and oxygen atoms in total. The highest BCUT2D eigenvalue weighted by atomic mass is 16.5. The Labute approximate surface area is 110 Å². The molecule has 0 amide bonds. The van der Waals surface area contributed by atoms with Crippen molar-refractivity contribution in [2.45, 2.75) is 20.0 Å². The number of benzene rings is 1. The lowest BCUT2D eigenvalue weighted by molar-refractivity contribution is 0.0686. The first-order valence-electron chi connectivity index (χ1n) is 5.94. The summed E-state index contributed by atoms with van der Waals surface area (Å²) in [5.41, 5.74) is 0.123. The number of carboxylic acid groups (broad SMARTS) is 1. The summed E-state index contributed by atoms with van der Waals surface area (Å²) in [6, 6.07) is 6.25. The number of carbonyl (C=O) groups is 1. The zero-order chi connectivity index (χ0) is 14.2. The molecule has 5 heteroatoms. The number of carboxylic acids is 1. The lowest BCUT2D eigenvalue weighted by atomic mass is 10.1. The minimum absolute atomic E-state index is 0.0580. The molecule has 0 radical (unpaired) electrons. The van der Waals surface area contributed by atoms with E-state index in [-0.39, 0.29) is 17.2 Å². The number of nitrogens with zero attached hydrogens (tertiary/aromatic N) is 1. The summed E-state index contributed by atoms with van der Waals surface area (Å²) >= 11 is 0. The third-order valence-electron chi connectivity index (χ3n) is 2.81. The first-order chi connectivity index (χ1) is 8.91. The summed E-state index contributed by atoms with van der Waals surface area (Å²) < 4.78 is 7.11. The van der Waals surface area contributed by atoms with Crippen molar-refractivity contribution in [3.63, 3.8) is 0 Å². The lowest BCUT2D eigenvalue weighted by Gasteiger charge is -2.16. The van der Waals surface area contributed by atoms with Gasteiger partial charge in [-0.15, -0.1) is 0 Å². The highest BCUT2D eigenvalue weighted by Crippen LogP contribution is 2.25. The standard InChI is InChI=1S/C14H15NO4/c1-8(2)19-12-6-4-5-9-11(16)7-10(14(17)18)15(3)13(9)12/h4-8H,1-3H3,(H,17,18). The van der Waals surface area contributed by atoms with Crippen LogP contribution in [-0.2, 0) is 7.05 Å². The number of aryl methyl sites for hydroxylation is 1. The van der Waals surface area contributed by atoms with Crippen LogP contribution in [0, 0.1) is 0 Å². The minimum Gasteiger partial charge on any atom is -0.489 e. The summed E-state index contributed by atoms with van der Waals surface area (Å²) in [6.07, 6.45) is -0.0609. The summed E-state index contributed by atoms with van der Waals surface area (Å²) in [5.74, 6) is -0.629. The van der Waals surface area contributed by atoms with Gasteiger partial charge in [-0.3, -0.25) is 4.79 Å². The highest BCUT2D eigenvalue weighted by Gasteiger charge is 2.15. The molecule has 0 unspecified atom stereocenters. The quantitative estimate of drug-likeness (QED) is 0.917. The highest BCUT2D eigenvalue weighted by molar-refractivity contribution is 5.92. The molecule has 0 bridgehead atoms. The Morgan fingerprint density at radius 3 is 2.63 bits per heavy atom. The van der Waals surface area contributed by atoms with Gasteiger partial charge in [-0.25, -0.2) is 4.79 Å². The van der Waals surface area contributed by atoms with Gasteiger partial charge in [-0.05, 0) is 26.0 Å². The number of hydrogen-bond donors (Lipinski definition) is 1. The van der Waals surface area contributed by atoms with Gasteiger partial charge in [0.2, 0.25) is 0 Å². The Bertz CT molecular complexity index is 700. The zero-order valence-electron chi connectivity index (χ0n) is 11.0. The molecule has 0 spiro atoms. The van der Waals surface area contributed by atoms with Crippen LogP contribution in [0.15, 0.2) is 29.1 Å². The van der Waals surface area contributed by atoms with Crippen LogP contribution in [0.25, 0.3) is 10.9 Å².